The first-order valence-electron chi connectivity index (χ1n) is 10.8. The number of likely N-dealkylation sites (tertiary alicyclic amines) is 1. The largest absolute Gasteiger partial charge is 0.508 e. The molecular formula is C25H27NO6. The molecule has 2 atom stereocenters. The van der Waals surface area contributed by atoms with Crippen LogP contribution < -0.4 is 4.74 Å². The zero-order chi connectivity index (χ0) is 22.8. The maximum Gasteiger partial charge on any atom is 0.295 e. The SMILES string of the molecule is CC(C)Oc1ccc(/C(O)=C2/C(=O)C(=O)N(CC3CCCO3)C2c2cccc(O)c2)cc1. The lowest BCUT2D eigenvalue weighted by Gasteiger charge is -2.27. The summed E-state index contributed by atoms with van der Waals surface area (Å²) in [6, 6.07) is 12.3. The highest BCUT2D eigenvalue weighted by Crippen LogP contribution is 2.41. The van der Waals surface area contributed by atoms with Crippen molar-refractivity contribution in [1.82, 2.24) is 4.90 Å². The molecule has 7 nitrogen and oxygen atoms in total. The lowest BCUT2D eigenvalue weighted by atomic mass is 9.95. The van der Waals surface area contributed by atoms with Crippen LogP contribution in [0.5, 0.6) is 11.5 Å². The van der Waals surface area contributed by atoms with Crippen molar-refractivity contribution in [2.24, 2.45) is 0 Å². The topological polar surface area (TPSA) is 96.3 Å². The van der Waals surface area contributed by atoms with Crippen LogP contribution in [0.4, 0.5) is 0 Å². The molecule has 2 aromatic rings. The molecule has 0 aromatic heterocycles. The molecule has 0 spiro atoms. The number of rotatable bonds is 6. The number of hydrogen-bond acceptors (Lipinski definition) is 6. The normalized spacial score (nSPS) is 22.7. The van der Waals surface area contributed by atoms with Gasteiger partial charge in [0.25, 0.3) is 11.7 Å². The monoisotopic (exact) mass is 437 g/mol. The minimum Gasteiger partial charge on any atom is -0.508 e. The van der Waals surface area contributed by atoms with E-state index < -0.39 is 17.7 Å². The number of phenols is 1. The zero-order valence-corrected chi connectivity index (χ0v) is 18.2. The summed E-state index contributed by atoms with van der Waals surface area (Å²) in [5.41, 5.74) is 0.945. The summed E-state index contributed by atoms with van der Waals surface area (Å²) in [7, 11) is 0. The van der Waals surface area contributed by atoms with Gasteiger partial charge in [-0.1, -0.05) is 12.1 Å². The van der Waals surface area contributed by atoms with Crippen molar-refractivity contribution in [3.05, 3.63) is 65.2 Å². The van der Waals surface area contributed by atoms with Gasteiger partial charge in [-0.25, -0.2) is 0 Å². The van der Waals surface area contributed by atoms with Gasteiger partial charge in [0.2, 0.25) is 0 Å². The number of carbonyl (C=O) groups is 2. The van der Waals surface area contributed by atoms with E-state index in [1.807, 2.05) is 13.8 Å². The molecule has 7 heteroatoms. The maximum atomic E-state index is 13.0. The number of phenolic OH excluding ortho intramolecular Hbond substituents is 1. The van der Waals surface area contributed by atoms with E-state index in [0.29, 0.717) is 23.5 Å². The molecule has 2 aliphatic rings. The molecule has 0 radical (unpaired) electrons. The average Bonchev–Trinajstić information content (AvgIpc) is 3.36. The number of aliphatic hydroxyl groups is 1. The summed E-state index contributed by atoms with van der Waals surface area (Å²) >= 11 is 0. The standard InChI is InChI=1S/C25H27NO6/c1-15(2)32-19-10-8-16(9-11-19)23(28)21-22(17-5-3-6-18(27)13-17)26(25(30)24(21)29)14-20-7-4-12-31-20/h3,5-6,8-11,13,15,20,22,27-28H,4,7,12,14H2,1-2H3/b23-21-. The fraction of sp³-hybridized carbons (Fsp3) is 0.360. The van der Waals surface area contributed by atoms with Gasteiger partial charge in [0, 0.05) is 18.7 Å². The predicted octanol–water partition coefficient (Wildman–Crippen LogP) is 3.78. The van der Waals surface area contributed by atoms with E-state index in [1.165, 1.54) is 17.0 Å². The summed E-state index contributed by atoms with van der Waals surface area (Å²) in [6.45, 7) is 4.69. The van der Waals surface area contributed by atoms with Gasteiger partial charge in [-0.3, -0.25) is 9.59 Å². The Kier molecular flexibility index (Phi) is 6.19. The second-order valence-electron chi connectivity index (χ2n) is 8.37. The van der Waals surface area contributed by atoms with Crippen molar-refractivity contribution >= 4 is 17.4 Å². The molecule has 2 fully saturated rings. The number of nitrogens with zero attached hydrogens (tertiary/aromatic N) is 1. The predicted molar refractivity (Wildman–Crippen MR) is 118 cm³/mol. The fourth-order valence-corrected chi connectivity index (χ4v) is 4.24. The highest BCUT2D eigenvalue weighted by molar-refractivity contribution is 6.46. The highest BCUT2D eigenvalue weighted by atomic mass is 16.5. The third kappa shape index (κ3) is 4.34. The minimum atomic E-state index is -0.821. The number of Topliss-reactive ketones (excluding diaryl/α,β-unsaturated/α-hetero) is 1. The lowest BCUT2D eigenvalue weighted by Crippen LogP contribution is -2.36. The Balaban J connectivity index is 1.76. The third-order valence-electron chi connectivity index (χ3n) is 5.65. The molecule has 0 aliphatic carbocycles. The lowest BCUT2D eigenvalue weighted by molar-refractivity contribution is -0.140. The van der Waals surface area contributed by atoms with Crippen LogP contribution in [0.2, 0.25) is 0 Å². The number of aromatic hydroxyl groups is 1. The van der Waals surface area contributed by atoms with E-state index in [4.69, 9.17) is 9.47 Å². The Labute approximate surface area is 186 Å². The molecule has 32 heavy (non-hydrogen) atoms. The summed E-state index contributed by atoms with van der Waals surface area (Å²) in [6.07, 6.45) is 1.53. The van der Waals surface area contributed by atoms with Gasteiger partial charge < -0.3 is 24.6 Å². The molecule has 0 saturated carbocycles. The van der Waals surface area contributed by atoms with Crippen LogP contribution in [0.1, 0.15) is 43.9 Å². The van der Waals surface area contributed by atoms with Gasteiger partial charge in [-0.15, -0.1) is 0 Å². The smallest absolute Gasteiger partial charge is 0.295 e. The molecule has 2 aromatic carbocycles. The van der Waals surface area contributed by atoms with Crippen molar-refractivity contribution in [2.45, 2.75) is 44.9 Å². The number of amides is 1. The Bertz CT molecular complexity index is 1040. The van der Waals surface area contributed by atoms with Crippen molar-refractivity contribution in [2.75, 3.05) is 13.2 Å². The highest BCUT2D eigenvalue weighted by Gasteiger charge is 2.47. The Hall–Kier alpha value is -3.32. The van der Waals surface area contributed by atoms with Crippen molar-refractivity contribution in [3.8, 4) is 11.5 Å². The first-order chi connectivity index (χ1) is 15.3. The molecular weight excluding hydrogens is 410 g/mol. The summed E-state index contributed by atoms with van der Waals surface area (Å²) in [4.78, 5) is 27.5. The van der Waals surface area contributed by atoms with Crippen molar-refractivity contribution in [1.29, 1.82) is 0 Å². The Morgan fingerprint density at radius 3 is 2.56 bits per heavy atom. The second kappa shape index (κ2) is 9.04. The number of hydrogen-bond donors (Lipinski definition) is 2. The number of aliphatic hydroxyl groups excluding tert-OH is 1. The van der Waals surface area contributed by atoms with Gasteiger partial charge in [-0.05, 0) is 68.7 Å². The molecule has 0 bridgehead atoms. The molecule has 168 valence electrons. The zero-order valence-electron chi connectivity index (χ0n) is 18.2. The van der Waals surface area contributed by atoms with Crippen molar-refractivity contribution in [3.63, 3.8) is 0 Å². The van der Waals surface area contributed by atoms with Gasteiger partial charge in [0.15, 0.2) is 0 Å². The molecule has 1 amide bonds. The van der Waals surface area contributed by atoms with Gasteiger partial charge >= 0.3 is 0 Å². The second-order valence-corrected chi connectivity index (χ2v) is 8.37. The van der Waals surface area contributed by atoms with Crippen LogP contribution in [0, 0.1) is 0 Å². The first-order valence-corrected chi connectivity index (χ1v) is 10.8. The minimum absolute atomic E-state index is 0.00309. The van der Waals surface area contributed by atoms with E-state index in [9.17, 15) is 19.8 Å². The molecule has 2 unspecified atom stereocenters. The van der Waals surface area contributed by atoms with E-state index >= 15 is 0 Å². The average molecular weight is 437 g/mol. The number of ether oxygens (including phenoxy) is 2. The van der Waals surface area contributed by atoms with E-state index in [0.717, 1.165) is 12.8 Å². The van der Waals surface area contributed by atoms with Crippen LogP contribution in [0.3, 0.4) is 0 Å². The maximum absolute atomic E-state index is 13.0. The van der Waals surface area contributed by atoms with Gasteiger partial charge in [-0.2, -0.15) is 0 Å². The van der Waals surface area contributed by atoms with Crippen LogP contribution in [-0.2, 0) is 14.3 Å². The van der Waals surface area contributed by atoms with Crippen LogP contribution in [0.15, 0.2) is 54.1 Å². The van der Waals surface area contributed by atoms with E-state index in [2.05, 4.69) is 0 Å². The molecule has 4 rings (SSSR count). The Morgan fingerprint density at radius 2 is 1.94 bits per heavy atom. The summed E-state index contributed by atoms with van der Waals surface area (Å²) in [5, 5.41) is 21.1. The molecule has 2 saturated heterocycles. The number of ketones is 1. The van der Waals surface area contributed by atoms with E-state index in [1.54, 1.807) is 36.4 Å². The molecule has 2 N–H and O–H groups in total. The van der Waals surface area contributed by atoms with Gasteiger partial charge in [0.05, 0.1) is 23.8 Å². The summed E-state index contributed by atoms with van der Waals surface area (Å²) < 4.78 is 11.3. The van der Waals surface area contributed by atoms with Crippen LogP contribution in [0.25, 0.3) is 5.76 Å². The third-order valence-corrected chi connectivity index (χ3v) is 5.65. The number of carbonyl (C=O) groups excluding carboxylic acids is 2. The van der Waals surface area contributed by atoms with Crippen LogP contribution in [-0.4, -0.2) is 52.2 Å². The van der Waals surface area contributed by atoms with Gasteiger partial charge in [0.1, 0.15) is 17.3 Å². The summed E-state index contributed by atoms with van der Waals surface area (Å²) in [5.74, 6) is -1.05. The first kappa shape index (κ1) is 21.9. The molecule has 2 heterocycles. The molecule has 2 aliphatic heterocycles. The van der Waals surface area contributed by atoms with Crippen molar-refractivity contribution < 1.29 is 29.3 Å². The van der Waals surface area contributed by atoms with E-state index in [-0.39, 0.29) is 35.8 Å². The Morgan fingerprint density at radius 1 is 1.19 bits per heavy atom. The fourth-order valence-electron chi connectivity index (χ4n) is 4.24. The quantitative estimate of drug-likeness (QED) is 0.406. The number of benzene rings is 2. The van der Waals surface area contributed by atoms with Crippen LogP contribution >= 0.6 is 0 Å².